The number of methoxy groups -OCH3 is 1. The first kappa shape index (κ1) is 28.4. The fourth-order valence-electron chi connectivity index (χ4n) is 6.48. The number of halogens is 2. The lowest BCUT2D eigenvalue weighted by atomic mass is 9.84. The molecule has 0 bridgehead atoms. The van der Waals surface area contributed by atoms with Crippen LogP contribution in [0.1, 0.15) is 78.9 Å². The van der Waals surface area contributed by atoms with Crippen molar-refractivity contribution in [1.29, 1.82) is 0 Å². The van der Waals surface area contributed by atoms with Crippen molar-refractivity contribution >= 4 is 29.2 Å². The molecule has 0 aromatic heterocycles. The minimum atomic E-state index is -0.209. The van der Waals surface area contributed by atoms with Crippen LogP contribution in [0.5, 0.6) is 11.5 Å². The van der Waals surface area contributed by atoms with Gasteiger partial charge in [-0.05, 0) is 103 Å². The number of hydrogen-bond acceptors (Lipinski definition) is 5. The molecular weight excluding hydrogens is 557 g/mol. The number of carbonyl (C=O) groups excluding carboxylic acids is 1. The second-order valence-corrected chi connectivity index (χ2v) is 12.3. The van der Waals surface area contributed by atoms with Crippen LogP contribution in [-0.2, 0) is 28.9 Å². The van der Waals surface area contributed by atoms with E-state index in [-0.39, 0.29) is 18.1 Å². The van der Waals surface area contributed by atoms with Crippen LogP contribution >= 0.6 is 23.2 Å². The SMILES string of the molecule is CC[C@@H](Oc1ccc([C@@H]2CCOc3cc4c(cc3C2)CN(C2CCC2)[C@H](C(=O)OC)C4)cc1)c1ccc(Cl)c(Cl)c1. The summed E-state index contributed by atoms with van der Waals surface area (Å²) in [5.74, 6) is 2.02. The zero-order valence-corrected chi connectivity index (χ0v) is 25.2. The minimum Gasteiger partial charge on any atom is -0.493 e. The van der Waals surface area contributed by atoms with Gasteiger partial charge in [-0.2, -0.15) is 0 Å². The molecule has 1 aliphatic carbocycles. The first-order valence-corrected chi connectivity index (χ1v) is 15.5. The monoisotopic (exact) mass is 593 g/mol. The normalized spacial score (nSPS) is 21.5. The highest BCUT2D eigenvalue weighted by Crippen LogP contribution is 2.39. The minimum absolute atomic E-state index is 0.0989. The van der Waals surface area contributed by atoms with Crippen molar-refractivity contribution in [3.05, 3.63) is 92.5 Å². The molecule has 5 nitrogen and oxygen atoms in total. The predicted octanol–water partition coefficient (Wildman–Crippen LogP) is 8.08. The molecular formula is C34H37Cl2NO4. The van der Waals surface area contributed by atoms with Crippen molar-refractivity contribution in [3.8, 4) is 11.5 Å². The zero-order valence-electron chi connectivity index (χ0n) is 23.7. The molecule has 7 heteroatoms. The van der Waals surface area contributed by atoms with E-state index in [0.717, 1.165) is 55.7 Å². The van der Waals surface area contributed by atoms with E-state index < -0.39 is 0 Å². The van der Waals surface area contributed by atoms with E-state index in [4.69, 9.17) is 37.4 Å². The third kappa shape index (κ3) is 5.95. The number of hydrogen-bond donors (Lipinski definition) is 0. The predicted molar refractivity (Wildman–Crippen MR) is 162 cm³/mol. The number of nitrogens with zero attached hydrogens (tertiary/aromatic N) is 1. The highest BCUT2D eigenvalue weighted by Gasteiger charge is 2.39. The zero-order chi connectivity index (χ0) is 28.5. The van der Waals surface area contributed by atoms with Crippen molar-refractivity contribution in [3.63, 3.8) is 0 Å². The Morgan fingerprint density at radius 2 is 1.78 bits per heavy atom. The van der Waals surface area contributed by atoms with Gasteiger partial charge in [-0.25, -0.2) is 0 Å². The number of ether oxygens (including phenoxy) is 3. The van der Waals surface area contributed by atoms with Gasteiger partial charge in [0.1, 0.15) is 23.6 Å². The molecule has 3 aliphatic rings. The molecule has 0 N–H and O–H groups in total. The van der Waals surface area contributed by atoms with Gasteiger partial charge in [0.05, 0.1) is 23.8 Å². The molecule has 1 fully saturated rings. The van der Waals surface area contributed by atoms with Crippen LogP contribution in [-0.4, -0.2) is 36.7 Å². The fourth-order valence-corrected chi connectivity index (χ4v) is 6.79. The van der Waals surface area contributed by atoms with Crippen LogP contribution in [0.15, 0.2) is 54.6 Å². The molecule has 0 spiro atoms. The number of benzene rings is 3. The molecule has 0 unspecified atom stereocenters. The molecule has 2 heterocycles. The first-order chi connectivity index (χ1) is 19.9. The van der Waals surface area contributed by atoms with Crippen molar-refractivity contribution < 1.29 is 19.0 Å². The molecule has 3 aromatic rings. The fraction of sp³-hybridized carbons (Fsp3) is 0.441. The largest absolute Gasteiger partial charge is 0.493 e. The van der Waals surface area contributed by atoms with Gasteiger partial charge in [-0.3, -0.25) is 9.69 Å². The van der Waals surface area contributed by atoms with Crippen LogP contribution in [0, 0.1) is 0 Å². The van der Waals surface area contributed by atoms with Crippen LogP contribution in [0.3, 0.4) is 0 Å². The number of carbonyl (C=O) groups is 1. The third-order valence-electron chi connectivity index (χ3n) is 9.07. The Bertz CT molecular complexity index is 1400. The van der Waals surface area contributed by atoms with Gasteiger partial charge in [0.15, 0.2) is 0 Å². The molecule has 6 rings (SSSR count). The Labute approximate surface area is 252 Å². The van der Waals surface area contributed by atoms with Crippen LogP contribution < -0.4 is 9.47 Å². The molecule has 1 saturated carbocycles. The van der Waals surface area contributed by atoms with Gasteiger partial charge in [0, 0.05) is 12.6 Å². The van der Waals surface area contributed by atoms with Crippen molar-refractivity contribution in [2.75, 3.05) is 13.7 Å². The average Bonchev–Trinajstić information content (AvgIpc) is 3.17. The quantitative estimate of drug-likeness (QED) is 0.259. The maximum absolute atomic E-state index is 12.7. The molecule has 3 atom stereocenters. The van der Waals surface area contributed by atoms with Gasteiger partial charge in [0.2, 0.25) is 0 Å². The molecule has 0 radical (unpaired) electrons. The van der Waals surface area contributed by atoms with Crippen molar-refractivity contribution in [1.82, 2.24) is 4.90 Å². The maximum atomic E-state index is 12.7. The smallest absolute Gasteiger partial charge is 0.323 e. The summed E-state index contributed by atoms with van der Waals surface area (Å²) in [5.41, 5.74) is 6.08. The Hall–Kier alpha value is -2.73. The second kappa shape index (κ2) is 12.2. The summed E-state index contributed by atoms with van der Waals surface area (Å²) < 4.78 is 17.8. The van der Waals surface area contributed by atoms with E-state index in [9.17, 15) is 4.79 Å². The molecule has 0 saturated heterocycles. The summed E-state index contributed by atoms with van der Waals surface area (Å²) in [6.45, 7) is 3.56. The first-order valence-electron chi connectivity index (χ1n) is 14.8. The summed E-state index contributed by atoms with van der Waals surface area (Å²) in [5, 5.41) is 1.09. The molecule has 216 valence electrons. The summed E-state index contributed by atoms with van der Waals surface area (Å²) in [7, 11) is 1.49. The van der Waals surface area contributed by atoms with Crippen LogP contribution in [0.25, 0.3) is 0 Å². The van der Waals surface area contributed by atoms with E-state index in [1.54, 1.807) is 0 Å². The van der Waals surface area contributed by atoms with Crippen LogP contribution in [0.4, 0.5) is 0 Å². The highest BCUT2D eigenvalue weighted by molar-refractivity contribution is 6.42. The van der Waals surface area contributed by atoms with E-state index >= 15 is 0 Å². The van der Waals surface area contributed by atoms with Gasteiger partial charge in [-0.1, -0.05) is 60.8 Å². The van der Waals surface area contributed by atoms with E-state index in [1.165, 1.54) is 35.8 Å². The second-order valence-electron chi connectivity index (χ2n) is 11.5. The van der Waals surface area contributed by atoms with Crippen molar-refractivity contribution in [2.45, 2.75) is 82.5 Å². The Morgan fingerprint density at radius 1 is 0.976 bits per heavy atom. The van der Waals surface area contributed by atoms with E-state index in [1.807, 2.05) is 18.2 Å². The van der Waals surface area contributed by atoms with Gasteiger partial charge < -0.3 is 14.2 Å². The molecule has 0 amide bonds. The van der Waals surface area contributed by atoms with E-state index in [0.29, 0.717) is 35.0 Å². The Kier molecular flexibility index (Phi) is 8.48. The van der Waals surface area contributed by atoms with Crippen molar-refractivity contribution in [2.24, 2.45) is 0 Å². The summed E-state index contributed by atoms with van der Waals surface area (Å²) >= 11 is 12.4. The third-order valence-corrected chi connectivity index (χ3v) is 9.81. The highest BCUT2D eigenvalue weighted by atomic mass is 35.5. The molecule has 3 aromatic carbocycles. The topological polar surface area (TPSA) is 48.0 Å². The lowest BCUT2D eigenvalue weighted by molar-refractivity contribution is -0.149. The van der Waals surface area contributed by atoms with Gasteiger partial charge in [-0.15, -0.1) is 0 Å². The van der Waals surface area contributed by atoms with Gasteiger partial charge in [0.25, 0.3) is 0 Å². The molecule has 2 aliphatic heterocycles. The number of esters is 1. The Morgan fingerprint density at radius 3 is 2.46 bits per heavy atom. The Balaban J connectivity index is 1.18. The maximum Gasteiger partial charge on any atom is 0.323 e. The molecule has 41 heavy (non-hydrogen) atoms. The number of fused-ring (bicyclic) bond motifs is 2. The van der Waals surface area contributed by atoms with Crippen LogP contribution in [0.2, 0.25) is 10.0 Å². The standard InChI is InChI=1S/C34H37Cl2NO4/c1-3-32(23-9-12-29(35)30(36)17-23)41-28-10-7-21(8-11-28)22-13-14-40-33-19-24-18-31(34(38)39-2)37(27-5-4-6-27)20-26(24)16-25(33)15-22/h7-12,16-17,19,22,27,31-32H,3-6,13-15,18,20H2,1-2H3/t22-,31+,32-/m1/s1. The van der Waals surface area contributed by atoms with E-state index in [2.05, 4.69) is 48.2 Å². The van der Waals surface area contributed by atoms with Gasteiger partial charge >= 0.3 is 5.97 Å². The summed E-state index contributed by atoms with van der Waals surface area (Å²) in [6.07, 6.45) is 6.82. The number of rotatable bonds is 7. The summed E-state index contributed by atoms with van der Waals surface area (Å²) in [6, 6.07) is 19.0. The summed E-state index contributed by atoms with van der Waals surface area (Å²) in [4.78, 5) is 15.0. The lowest BCUT2D eigenvalue weighted by Crippen LogP contribution is -2.53. The average molecular weight is 595 g/mol. The lowest BCUT2D eigenvalue weighted by Gasteiger charge is -2.44.